The van der Waals surface area contributed by atoms with Crippen molar-refractivity contribution in [3.8, 4) is 5.69 Å². The molecule has 2 aliphatic rings. The average molecular weight is 450 g/mol. The Balaban J connectivity index is 1.65. The molecule has 5 rings (SSSR count). The average Bonchev–Trinajstić information content (AvgIpc) is 3.27. The molecule has 4 nitrogen and oxygen atoms in total. The molecule has 1 heterocycles. The van der Waals surface area contributed by atoms with E-state index in [1.54, 1.807) is 0 Å². The van der Waals surface area contributed by atoms with Crippen molar-refractivity contribution in [2.75, 3.05) is 5.32 Å². The Bertz CT molecular complexity index is 1100. The highest BCUT2D eigenvalue weighted by Gasteiger charge is 2.63. The number of fused-ring (bicyclic) bond motifs is 5. The fourth-order valence-corrected chi connectivity index (χ4v) is 5.63. The lowest BCUT2D eigenvalue weighted by molar-refractivity contribution is 0.101. The summed E-state index contributed by atoms with van der Waals surface area (Å²) in [7, 11) is 0. The smallest absolute Gasteiger partial charge is 0.276 e. The lowest BCUT2D eigenvalue weighted by Gasteiger charge is -2.35. The van der Waals surface area contributed by atoms with Gasteiger partial charge in [0.2, 0.25) is 0 Å². The number of carbonyl (C=O) groups is 1. The highest BCUT2D eigenvalue weighted by Crippen LogP contribution is 2.68. The Kier molecular flexibility index (Phi) is 4.04. The van der Waals surface area contributed by atoms with E-state index in [0.717, 1.165) is 34.3 Å². The molecular weight excluding hydrogens is 426 g/mol. The van der Waals surface area contributed by atoms with Crippen molar-refractivity contribution in [1.29, 1.82) is 0 Å². The van der Waals surface area contributed by atoms with E-state index < -0.39 is 0 Å². The molecule has 1 amide bonds. The number of rotatable bonds is 3. The van der Waals surface area contributed by atoms with Crippen LogP contribution in [-0.4, -0.2) is 15.7 Å². The van der Waals surface area contributed by atoms with Gasteiger partial charge in [-0.05, 0) is 60.6 Å². The van der Waals surface area contributed by atoms with Crippen molar-refractivity contribution >= 4 is 27.5 Å². The molecule has 0 spiro atoms. The molecule has 1 N–H and O–H groups in total. The van der Waals surface area contributed by atoms with Gasteiger partial charge in [-0.25, -0.2) is 4.68 Å². The van der Waals surface area contributed by atoms with Crippen molar-refractivity contribution in [1.82, 2.24) is 9.78 Å². The van der Waals surface area contributed by atoms with Gasteiger partial charge in [-0.3, -0.25) is 4.79 Å². The summed E-state index contributed by atoms with van der Waals surface area (Å²) in [6.45, 7) is 7.03. The van der Waals surface area contributed by atoms with Crippen LogP contribution < -0.4 is 5.32 Å². The summed E-state index contributed by atoms with van der Waals surface area (Å²) < 4.78 is 3.00. The van der Waals surface area contributed by atoms with E-state index in [-0.39, 0.29) is 16.7 Å². The van der Waals surface area contributed by atoms with Crippen LogP contribution in [0.2, 0.25) is 0 Å². The molecule has 2 aliphatic carbocycles. The zero-order chi connectivity index (χ0) is 20.4. The Morgan fingerprint density at radius 1 is 1.10 bits per heavy atom. The van der Waals surface area contributed by atoms with Crippen molar-refractivity contribution in [3.63, 3.8) is 0 Å². The second kappa shape index (κ2) is 6.30. The zero-order valence-electron chi connectivity index (χ0n) is 16.9. The molecule has 1 fully saturated rings. The van der Waals surface area contributed by atoms with Gasteiger partial charge < -0.3 is 5.32 Å². The molecule has 1 aromatic heterocycles. The fraction of sp³-hybridized carbons (Fsp3) is 0.333. The minimum absolute atomic E-state index is 0.00593. The first-order valence-electron chi connectivity index (χ1n) is 10.1. The number of para-hydroxylation sites is 1. The van der Waals surface area contributed by atoms with Crippen LogP contribution in [0.3, 0.4) is 0 Å². The standard InChI is InChI=1S/C24H24BrN3O/c1-23(2)18-13-14-24(23,3)21-19(18)20(27-28(21)17-7-5-4-6-8-17)22(29)26-16-11-9-15(25)10-12-16/h4-12,18H,13-14H2,1-3H3,(H,26,29). The Hall–Kier alpha value is -2.40. The monoisotopic (exact) mass is 449 g/mol. The fourth-order valence-electron chi connectivity index (χ4n) is 5.37. The second-order valence-corrected chi connectivity index (χ2v) is 9.88. The predicted molar refractivity (Wildman–Crippen MR) is 119 cm³/mol. The van der Waals surface area contributed by atoms with Crippen LogP contribution in [-0.2, 0) is 5.41 Å². The maximum atomic E-state index is 13.3. The molecule has 0 radical (unpaired) electrons. The third kappa shape index (κ3) is 2.56. The molecule has 2 atom stereocenters. The third-order valence-electron chi connectivity index (χ3n) is 7.34. The van der Waals surface area contributed by atoms with Crippen molar-refractivity contribution < 1.29 is 4.79 Å². The molecule has 0 aliphatic heterocycles. The zero-order valence-corrected chi connectivity index (χ0v) is 18.5. The molecule has 2 aromatic carbocycles. The lowest BCUT2D eigenvalue weighted by Crippen LogP contribution is -2.33. The first-order chi connectivity index (χ1) is 13.8. The molecule has 29 heavy (non-hydrogen) atoms. The van der Waals surface area contributed by atoms with E-state index in [9.17, 15) is 4.79 Å². The second-order valence-electron chi connectivity index (χ2n) is 8.96. The number of aromatic nitrogens is 2. The number of carbonyl (C=O) groups excluding carboxylic acids is 1. The maximum absolute atomic E-state index is 13.3. The van der Waals surface area contributed by atoms with Gasteiger partial charge in [-0.2, -0.15) is 5.10 Å². The van der Waals surface area contributed by atoms with Crippen LogP contribution in [0.4, 0.5) is 5.69 Å². The summed E-state index contributed by atoms with van der Waals surface area (Å²) in [5.74, 6) is 0.218. The van der Waals surface area contributed by atoms with Crippen LogP contribution in [0.1, 0.15) is 61.3 Å². The van der Waals surface area contributed by atoms with Crippen LogP contribution in [0.5, 0.6) is 0 Å². The third-order valence-corrected chi connectivity index (χ3v) is 7.87. The first-order valence-corrected chi connectivity index (χ1v) is 10.9. The molecule has 0 saturated heterocycles. The van der Waals surface area contributed by atoms with Gasteiger partial charge in [0.1, 0.15) is 0 Å². The quantitative estimate of drug-likeness (QED) is 0.527. The predicted octanol–water partition coefficient (Wildman–Crippen LogP) is 6.06. The van der Waals surface area contributed by atoms with Gasteiger partial charge >= 0.3 is 0 Å². The first kappa shape index (κ1) is 18.6. The highest BCUT2D eigenvalue weighted by atomic mass is 79.9. The van der Waals surface area contributed by atoms with Crippen LogP contribution in [0.15, 0.2) is 59.1 Å². The summed E-state index contributed by atoms with van der Waals surface area (Å²) in [5.41, 5.74) is 4.81. The highest BCUT2D eigenvalue weighted by molar-refractivity contribution is 9.10. The van der Waals surface area contributed by atoms with E-state index >= 15 is 0 Å². The molecule has 3 aromatic rings. The van der Waals surface area contributed by atoms with E-state index in [2.05, 4.69) is 54.2 Å². The number of benzene rings is 2. The van der Waals surface area contributed by atoms with E-state index in [1.807, 2.05) is 47.1 Å². The number of nitrogens with one attached hydrogen (secondary N) is 1. The number of hydrogen-bond acceptors (Lipinski definition) is 2. The van der Waals surface area contributed by atoms with Gasteiger partial charge in [0.15, 0.2) is 5.69 Å². The summed E-state index contributed by atoms with van der Waals surface area (Å²) in [6, 6.07) is 17.8. The number of nitrogens with zero attached hydrogens (tertiary/aromatic N) is 2. The van der Waals surface area contributed by atoms with Crippen molar-refractivity contribution in [3.05, 3.63) is 76.0 Å². The molecular formula is C24H24BrN3O. The van der Waals surface area contributed by atoms with Gasteiger partial charge in [0.05, 0.1) is 11.4 Å². The topological polar surface area (TPSA) is 46.9 Å². The normalized spacial score (nSPS) is 23.8. The lowest BCUT2D eigenvalue weighted by atomic mass is 9.70. The minimum Gasteiger partial charge on any atom is -0.321 e. The molecule has 148 valence electrons. The van der Waals surface area contributed by atoms with E-state index in [1.165, 1.54) is 5.69 Å². The molecule has 5 heteroatoms. The van der Waals surface area contributed by atoms with Crippen LogP contribution in [0.25, 0.3) is 5.69 Å². The van der Waals surface area contributed by atoms with Crippen LogP contribution >= 0.6 is 15.9 Å². The van der Waals surface area contributed by atoms with E-state index in [4.69, 9.17) is 5.10 Å². The van der Waals surface area contributed by atoms with Gasteiger partial charge in [0.25, 0.3) is 5.91 Å². The maximum Gasteiger partial charge on any atom is 0.276 e. The number of hydrogen-bond donors (Lipinski definition) is 1. The van der Waals surface area contributed by atoms with E-state index in [0.29, 0.717) is 11.6 Å². The SMILES string of the molecule is CC12CCC(c3c(C(=O)Nc4ccc(Br)cc4)nn(-c4ccccc4)c31)C2(C)C. The minimum atomic E-state index is -0.134. The number of halogens is 1. The summed E-state index contributed by atoms with van der Waals surface area (Å²) in [4.78, 5) is 13.3. The summed E-state index contributed by atoms with van der Waals surface area (Å²) >= 11 is 3.44. The summed E-state index contributed by atoms with van der Waals surface area (Å²) in [5, 5.41) is 7.91. The Morgan fingerprint density at radius 3 is 2.48 bits per heavy atom. The van der Waals surface area contributed by atoms with Crippen LogP contribution in [0, 0.1) is 5.41 Å². The van der Waals surface area contributed by atoms with Gasteiger partial charge in [0, 0.05) is 21.1 Å². The number of amides is 1. The van der Waals surface area contributed by atoms with Gasteiger partial charge in [-0.1, -0.05) is 54.9 Å². The van der Waals surface area contributed by atoms with Crippen molar-refractivity contribution in [2.24, 2.45) is 5.41 Å². The largest absolute Gasteiger partial charge is 0.321 e. The Labute approximate surface area is 179 Å². The molecule has 2 bridgehead atoms. The number of anilines is 1. The van der Waals surface area contributed by atoms with Gasteiger partial charge in [-0.15, -0.1) is 0 Å². The summed E-state index contributed by atoms with van der Waals surface area (Å²) in [6.07, 6.45) is 2.24. The Morgan fingerprint density at radius 2 is 1.79 bits per heavy atom. The molecule has 1 saturated carbocycles. The molecule has 2 unspecified atom stereocenters. The van der Waals surface area contributed by atoms with Crippen molar-refractivity contribution in [2.45, 2.75) is 44.9 Å².